The van der Waals surface area contributed by atoms with Crippen LogP contribution in [0, 0.1) is 5.92 Å². The summed E-state index contributed by atoms with van der Waals surface area (Å²) in [4.78, 5) is 1.29. The number of hydrogen-bond donors (Lipinski definition) is 1. The van der Waals surface area contributed by atoms with Crippen LogP contribution in [-0.4, -0.2) is 0 Å². The summed E-state index contributed by atoms with van der Waals surface area (Å²) in [6.45, 7) is 4.51. The number of halogens is 1. The molecular formula is C11H18BrNS. The molecule has 1 aromatic heterocycles. The first kappa shape index (κ1) is 12.2. The molecule has 14 heavy (non-hydrogen) atoms. The van der Waals surface area contributed by atoms with E-state index in [1.807, 2.05) is 0 Å². The summed E-state index contributed by atoms with van der Waals surface area (Å²) >= 11 is 5.27. The van der Waals surface area contributed by atoms with E-state index in [9.17, 15) is 0 Å². The van der Waals surface area contributed by atoms with Crippen LogP contribution < -0.4 is 5.73 Å². The first-order chi connectivity index (χ1) is 6.65. The van der Waals surface area contributed by atoms with Gasteiger partial charge in [0.15, 0.2) is 0 Å². The van der Waals surface area contributed by atoms with Gasteiger partial charge in [0.05, 0.1) is 0 Å². The van der Waals surface area contributed by atoms with Gasteiger partial charge in [-0.25, -0.2) is 0 Å². The van der Waals surface area contributed by atoms with Gasteiger partial charge in [0.2, 0.25) is 0 Å². The molecule has 1 aromatic rings. The van der Waals surface area contributed by atoms with Crippen molar-refractivity contribution in [3.8, 4) is 0 Å². The molecule has 3 heteroatoms. The fourth-order valence-corrected chi connectivity index (χ4v) is 3.41. The van der Waals surface area contributed by atoms with Crippen LogP contribution in [0.3, 0.4) is 0 Å². The van der Waals surface area contributed by atoms with Gasteiger partial charge in [-0.05, 0) is 39.7 Å². The average molecular weight is 276 g/mol. The minimum Gasteiger partial charge on any atom is -0.323 e. The van der Waals surface area contributed by atoms with Gasteiger partial charge in [-0.15, -0.1) is 11.3 Å². The van der Waals surface area contributed by atoms with Gasteiger partial charge in [-0.3, -0.25) is 0 Å². The van der Waals surface area contributed by atoms with Crippen LogP contribution >= 0.6 is 27.3 Å². The van der Waals surface area contributed by atoms with E-state index in [-0.39, 0.29) is 6.04 Å². The summed E-state index contributed by atoms with van der Waals surface area (Å²) in [5.74, 6) is 0.726. The van der Waals surface area contributed by atoms with Crippen LogP contribution in [0.5, 0.6) is 0 Å². The van der Waals surface area contributed by atoms with Gasteiger partial charge in [-0.1, -0.05) is 26.7 Å². The highest BCUT2D eigenvalue weighted by atomic mass is 79.9. The smallest absolute Gasteiger partial charge is 0.0403 e. The molecule has 0 spiro atoms. The van der Waals surface area contributed by atoms with Crippen LogP contribution in [0.4, 0.5) is 0 Å². The van der Waals surface area contributed by atoms with Crippen LogP contribution in [-0.2, 0) is 0 Å². The first-order valence-corrected chi connectivity index (χ1v) is 6.80. The molecule has 2 unspecified atom stereocenters. The topological polar surface area (TPSA) is 26.0 Å². The Kier molecular flexibility index (Phi) is 5.13. The molecule has 0 saturated heterocycles. The molecule has 1 nitrogen and oxygen atoms in total. The zero-order valence-electron chi connectivity index (χ0n) is 8.79. The summed E-state index contributed by atoms with van der Waals surface area (Å²) < 4.78 is 1.17. The van der Waals surface area contributed by atoms with E-state index in [0.29, 0.717) is 0 Å². The van der Waals surface area contributed by atoms with Crippen molar-refractivity contribution < 1.29 is 0 Å². The molecule has 2 atom stereocenters. The molecular weight excluding hydrogens is 258 g/mol. The fourth-order valence-electron chi connectivity index (χ4n) is 1.72. The number of rotatable bonds is 5. The number of thiophene rings is 1. The standard InChI is InChI=1S/C11H18BrNS/c1-3-4-8(2)7-10(13)11-9(12)5-6-14-11/h5-6,8,10H,3-4,7,13H2,1-2H3. The second-order valence-corrected chi connectivity index (χ2v) is 5.67. The van der Waals surface area contributed by atoms with E-state index >= 15 is 0 Å². The molecule has 0 radical (unpaired) electrons. The maximum atomic E-state index is 6.15. The zero-order valence-corrected chi connectivity index (χ0v) is 11.2. The summed E-state index contributed by atoms with van der Waals surface area (Å²) in [5, 5.41) is 2.09. The highest BCUT2D eigenvalue weighted by Gasteiger charge is 2.14. The zero-order chi connectivity index (χ0) is 10.6. The highest BCUT2D eigenvalue weighted by Crippen LogP contribution is 2.31. The van der Waals surface area contributed by atoms with Gasteiger partial charge in [0.25, 0.3) is 0 Å². The van der Waals surface area contributed by atoms with Crippen LogP contribution in [0.2, 0.25) is 0 Å². The van der Waals surface area contributed by atoms with Crippen molar-refractivity contribution in [3.05, 3.63) is 20.8 Å². The van der Waals surface area contributed by atoms with Gasteiger partial charge in [-0.2, -0.15) is 0 Å². The van der Waals surface area contributed by atoms with E-state index < -0.39 is 0 Å². The maximum Gasteiger partial charge on any atom is 0.0403 e. The third-order valence-corrected chi connectivity index (χ3v) is 4.42. The predicted molar refractivity (Wildman–Crippen MR) is 67.6 cm³/mol. The second kappa shape index (κ2) is 5.89. The highest BCUT2D eigenvalue weighted by molar-refractivity contribution is 9.10. The molecule has 0 aliphatic heterocycles. The molecule has 0 aromatic carbocycles. The Morgan fingerprint density at radius 2 is 2.29 bits per heavy atom. The van der Waals surface area contributed by atoms with E-state index in [4.69, 9.17) is 5.73 Å². The minimum absolute atomic E-state index is 0.200. The lowest BCUT2D eigenvalue weighted by atomic mass is 9.97. The minimum atomic E-state index is 0.200. The normalized spacial score (nSPS) is 15.4. The van der Waals surface area contributed by atoms with Gasteiger partial charge >= 0.3 is 0 Å². The van der Waals surface area contributed by atoms with Crippen LogP contribution in [0.15, 0.2) is 15.9 Å². The molecule has 0 amide bonds. The van der Waals surface area contributed by atoms with Crippen molar-refractivity contribution in [1.29, 1.82) is 0 Å². The van der Waals surface area contributed by atoms with Crippen molar-refractivity contribution in [2.75, 3.05) is 0 Å². The van der Waals surface area contributed by atoms with Gasteiger partial charge in [0, 0.05) is 15.4 Å². The van der Waals surface area contributed by atoms with E-state index in [1.54, 1.807) is 11.3 Å². The molecule has 1 rings (SSSR count). The molecule has 0 saturated carbocycles. The van der Waals surface area contributed by atoms with Gasteiger partial charge in [0.1, 0.15) is 0 Å². The van der Waals surface area contributed by atoms with Crippen molar-refractivity contribution in [1.82, 2.24) is 0 Å². The lowest BCUT2D eigenvalue weighted by molar-refractivity contribution is 0.443. The third kappa shape index (κ3) is 3.37. The van der Waals surface area contributed by atoms with Crippen molar-refractivity contribution in [2.24, 2.45) is 11.7 Å². The number of nitrogens with two attached hydrogens (primary N) is 1. The summed E-state index contributed by atoms with van der Waals surface area (Å²) in [5.41, 5.74) is 6.15. The molecule has 2 N–H and O–H groups in total. The Bertz CT molecular complexity index is 272. The molecule has 0 fully saturated rings. The lowest BCUT2D eigenvalue weighted by Gasteiger charge is -2.15. The van der Waals surface area contributed by atoms with Crippen LogP contribution in [0.1, 0.15) is 44.0 Å². The Hall–Kier alpha value is 0.140. The average Bonchev–Trinajstić information content (AvgIpc) is 2.51. The van der Waals surface area contributed by atoms with Crippen molar-refractivity contribution in [2.45, 2.75) is 39.2 Å². The molecule has 1 heterocycles. The third-order valence-electron chi connectivity index (χ3n) is 2.42. The van der Waals surface area contributed by atoms with E-state index in [0.717, 1.165) is 12.3 Å². The van der Waals surface area contributed by atoms with E-state index in [2.05, 4.69) is 41.2 Å². The maximum absolute atomic E-state index is 6.15. The largest absolute Gasteiger partial charge is 0.323 e. The molecule has 0 aliphatic rings. The molecule has 0 bridgehead atoms. The first-order valence-electron chi connectivity index (χ1n) is 5.13. The molecule has 0 aliphatic carbocycles. The summed E-state index contributed by atoms with van der Waals surface area (Å²) in [6, 6.07) is 2.27. The van der Waals surface area contributed by atoms with Crippen LogP contribution in [0.25, 0.3) is 0 Å². The Morgan fingerprint density at radius 1 is 1.57 bits per heavy atom. The quantitative estimate of drug-likeness (QED) is 0.850. The number of hydrogen-bond acceptors (Lipinski definition) is 2. The van der Waals surface area contributed by atoms with Gasteiger partial charge < -0.3 is 5.73 Å². The fraction of sp³-hybridized carbons (Fsp3) is 0.636. The Morgan fingerprint density at radius 3 is 2.79 bits per heavy atom. The van der Waals surface area contributed by atoms with Crippen molar-refractivity contribution in [3.63, 3.8) is 0 Å². The SMILES string of the molecule is CCCC(C)CC(N)c1sccc1Br. The summed E-state index contributed by atoms with van der Waals surface area (Å²) in [6.07, 6.45) is 3.61. The molecule has 80 valence electrons. The van der Waals surface area contributed by atoms with E-state index in [1.165, 1.54) is 22.2 Å². The monoisotopic (exact) mass is 275 g/mol. The predicted octanol–water partition coefficient (Wildman–Crippen LogP) is 4.34. The Balaban J connectivity index is 2.50. The van der Waals surface area contributed by atoms with Crippen molar-refractivity contribution >= 4 is 27.3 Å². The lowest BCUT2D eigenvalue weighted by Crippen LogP contribution is -2.13. The second-order valence-electron chi connectivity index (χ2n) is 3.87. The Labute approximate surface area is 98.8 Å². The summed E-state index contributed by atoms with van der Waals surface area (Å²) in [7, 11) is 0.